The summed E-state index contributed by atoms with van der Waals surface area (Å²) in [5.41, 5.74) is 4.81. The zero-order valence-corrected chi connectivity index (χ0v) is 15.7. The molecule has 0 bridgehead atoms. The molecule has 1 aromatic heterocycles. The molecule has 0 saturated heterocycles. The van der Waals surface area contributed by atoms with Crippen molar-refractivity contribution in [2.75, 3.05) is 6.61 Å². The Morgan fingerprint density at radius 2 is 2.22 bits per heavy atom. The summed E-state index contributed by atoms with van der Waals surface area (Å²) in [6, 6.07) is 7.89. The Balaban J connectivity index is 1.85. The number of hydrazone groups is 1. The van der Waals surface area contributed by atoms with E-state index in [0.717, 1.165) is 14.9 Å². The summed E-state index contributed by atoms with van der Waals surface area (Å²) in [6.45, 7) is 6.17. The minimum absolute atomic E-state index is 0.0829. The first-order valence-corrected chi connectivity index (χ1v) is 8.93. The second kappa shape index (κ2) is 8.26. The minimum atomic E-state index is -0.296. The lowest BCUT2D eigenvalue weighted by molar-refractivity contribution is -0.123. The Morgan fingerprint density at radius 1 is 1.43 bits per heavy atom. The van der Waals surface area contributed by atoms with E-state index in [1.54, 1.807) is 17.6 Å². The van der Waals surface area contributed by atoms with Gasteiger partial charge in [0.1, 0.15) is 5.75 Å². The molecule has 0 fully saturated rings. The highest BCUT2D eigenvalue weighted by Gasteiger charge is 2.07. The van der Waals surface area contributed by atoms with Crippen LogP contribution in [0.2, 0.25) is 0 Å². The van der Waals surface area contributed by atoms with Crippen LogP contribution in [0.25, 0.3) is 0 Å². The highest BCUT2D eigenvalue weighted by Crippen LogP contribution is 2.28. The van der Waals surface area contributed by atoms with Gasteiger partial charge in [0.2, 0.25) is 0 Å². The Bertz CT molecular complexity index is 710. The van der Waals surface area contributed by atoms with E-state index in [0.29, 0.717) is 11.7 Å². The molecule has 0 spiro atoms. The zero-order valence-electron chi connectivity index (χ0n) is 13.3. The first kappa shape index (κ1) is 17.7. The number of hydrogen-bond donors (Lipinski definition) is 1. The van der Waals surface area contributed by atoms with Crippen molar-refractivity contribution in [1.82, 2.24) is 5.43 Å². The second-order valence-electron chi connectivity index (χ2n) is 5.39. The maximum absolute atomic E-state index is 11.8. The van der Waals surface area contributed by atoms with Crippen molar-refractivity contribution in [3.05, 3.63) is 50.1 Å². The van der Waals surface area contributed by atoms with E-state index in [1.807, 2.05) is 36.6 Å². The standard InChI is InChI=1S/C17H19BrN2O2S/c1-11(2)13-4-5-15(14(18)8-13)22-10-17(21)20-19-9-16-12(3)6-7-23-16/h4-9,11H,10H2,1-3H3,(H,20,21). The van der Waals surface area contributed by atoms with Crippen molar-refractivity contribution in [2.24, 2.45) is 5.10 Å². The van der Waals surface area contributed by atoms with Crippen LogP contribution in [-0.4, -0.2) is 18.7 Å². The van der Waals surface area contributed by atoms with Crippen molar-refractivity contribution >= 4 is 39.4 Å². The van der Waals surface area contributed by atoms with E-state index in [-0.39, 0.29) is 12.5 Å². The zero-order chi connectivity index (χ0) is 16.8. The third kappa shape index (κ3) is 5.18. The van der Waals surface area contributed by atoms with Crippen LogP contribution in [-0.2, 0) is 4.79 Å². The number of hydrogen-bond acceptors (Lipinski definition) is 4. The molecule has 0 aliphatic rings. The summed E-state index contributed by atoms with van der Waals surface area (Å²) in [5.74, 6) is 0.789. The number of carbonyl (C=O) groups is 1. The predicted molar refractivity (Wildman–Crippen MR) is 98.5 cm³/mol. The number of ether oxygens (including phenoxy) is 1. The van der Waals surface area contributed by atoms with E-state index in [1.165, 1.54) is 5.56 Å². The summed E-state index contributed by atoms with van der Waals surface area (Å²) < 4.78 is 6.36. The molecule has 2 rings (SSSR count). The Hall–Kier alpha value is -1.66. The number of benzene rings is 1. The first-order valence-electron chi connectivity index (χ1n) is 7.25. The maximum atomic E-state index is 11.8. The molecule has 2 aromatic rings. The van der Waals surface area contributed by atoms with Gasteiger partial charge in [-0.3, -0.25) is 4.79 Å². The normalized spacial score (nSPS) is 11.2. The number of halogens is 1. The van der Waals surface area contributed by atoms with Gasteiger partial charge >= 0.3 is 0 Å². The minimum Gasteiger partial charge on any atom is -0.483 e. The third-order valence-electron chi connectivity index (χ3n) is 3.25. The van der Waals surface area contributed by atoms with Gasteiger partial charge in [0, 0.05) is 4.88 Å². The first-order chi connectivity index (χ1) is 11.0. The summed E-state index contributed by atoms with van der Waals surface area (Å²) >= 11 is 5.05. The molecule has 0 saturated carbocycles. The molecule has 1 heterocycles. The molecule has 6 heteroatoms. The maximum Gasteiger partial charge on any atom is 0.277 e. The Kier molecular flexibility index (Phi) is 6.36. The number of nitrogens with one attached hydrogen (secondary N) is 1. The lowest BCUT2D eigenvalue weighted by Gasteiger charge is -2.10. The number of rotatable bonds is 6. The van der Waals surface area contributed by atoms with Crippen LogP contribution in [0.15, 0.2) is 39.2 Å². The molecular formula is C17H19BrN2O2S. The number of carbonyl (C=O) groups excluding carboxylic acids is 1. The van der Waals surface area contributed by atoms with Crippen LogP contribution in [0, 0.1) is 6.92 Å². The second-order valence-corrected chi connectivity index (χ2v) is 7.20. The molecule has 1 N–H and O–H groups in total. The van der Waals surface area contributed by atoms with E-state index in [2.05, 4.69) is 40.3 Å². The molecule has 122 valence electrons. The summed E-state index contributed by atoms with van der Waals surface area (Å²) in [6.07, 6.45) is 1.64. The van der Waals surface area contributed by atoms with Gasteiger partial charge in [-0.1, -0.05) is 19.9 Å². The summed E-state index contributed by atoms with van der Waals surface area (Å²) in [4.78, 5) is 12.8. The molecule has 0 aliphatic heterocycles. The SMILES string of the molecule is Cc1ccsc1C=NNC(=O)COc1ccc(C(C)C)cc1Br. The lowest BCUT2D eigenvalue weighted by Crippen LogP contribution is -2.24. The average molecular weight is 395 g/mol. The van der Waals surface area contributed by atoms with Gasteiger partial charge < -0.3 is 4.74 Å². The van der Waals surface area contributed by atoms with E-state index in [4.69, 9.17) is 4.74 Å². The quantitative estimate of drug-likeness (QED) is 0.580. The largest absolute Gasteiger partial charge is 0.483 e. The number of amides is 1. The molecule has 0 unspecified atom stereocenters. The van der Waals surface area contributed by atoms with Crippen molar-refractivity contribution in [2.45, 2.75) is 26.7 Å². The fourth-order valence-corrected chi connectivity index (χ4v) is 3.15. The third-order valence-corrected chi connectivity index (χ3v) is 4.83. The molecule has 1 aromatic carbocycles. The number of nitrogens with zero attached hydrogens (tertiary/aromatic N) is 1. The molecule has 1 amide bonds. The molecule has 23 heavy (non-hydrogen) atoms. The molecule has 0 atom stereocenters. The van der Waals surface area contributed by atoms with E-state index in [9.17, 15) is 4.79 Å². The van der Waals surface area contributed by atoms with Gasteiger partial charge in [-0.2, -0.15) is 5.10 Å². The van der Waals surface area contributed by atoms with Crippen molar-refractivity contribution in [3.8, 4) is 5.75 Å². The van der Waals surface area contributed by atoms with Crippen LogP contribution in [0.1, 0.15) is 35.8 Å². The topological polar surface area (TPSA) is 50.7 Å². The number of aryl methyl sites for hydroxylation is 1. The Morgan fingerprint density at radius 3 is 2.83 bits per heavy atom. The smallest absolute Gasteiger partial charge is 0.277 e. The average Bonchev–Trinajstić information content (AvgIpc) is 2.91. The van der Waals surface area contributed by atoms with Gasteiger partial charge in [0.15, 0.2) is 6.61 Å². The van der Waals surface area contributed by atoms with Crippen LogP contribution < -0.4 is 10.2 Å². The number of thiophene rings is 1. The molecule has 0 radical (unpaired) electrons. The van der Waals surface area contributed by atoms with Gasteiger partial charge in [-0.25, -0.2) is 5.43 Å². The van der Waals surface area contributed by atoms with Gasteiger partial charge in [0.05, 0.1) is 10.7 Å². The van der Waals surface area contributed by atoms with Crippen molar-refractivity contribution in [3.63, 3.8) is 0 Å². The van der Waals surface area contributed by atoms with Gasteiger partial charge in [0.25, 0.3) is 5.91 Å². The van der Waals surface area contributed by atoms with Crippen LogP contribution in [0.5, 0.6) is 5.75 Å². The van der Waals surface area contributed by atoms with E-state index < -0.39 is 0 Å². The molecule has 0 aliphatic carbocycles. The lowest BCUT2D eigenvalue weighted by atomic mass is 10.0. The van der Waals surface area contributed by atoms with E-state index >= 15 is 0 Å². The van der Waals surface area contributed by atoms with Gasteiger partial charge in [-0.15, -0.1) is 11.3 Å². The molecule has 4 nitrogen and oxygen atoms in total. The monoisotopic (exact) mass is 394 g/mol. The fraction of sp³-hybridized carbons (Fsp3) is 0.294. The van der Waals surface area contributed by atoms with Crippen LogP contribution in [0.4, 0.5) is 0 Å². The van der Waals surface area contributed by atoms with Crippen LogP contribution >= 0.6 is 27.3 Å². The fourth-order valence-electron chi connectivity index (χ4n) is 1.85. The highest BCUT2D eigenvalue weighted by atomic mass is 79.9. The predicted octanol–water partition coefficient (Wildman–Crippen LogP) is 4.47. The van der Waals surface area contributed by atoms with Crippen LogP contribution in [0.3, 0.4) is 0 Å². The molecular weight excluding hydrogens is 376 g/mol. The van der Waals surface area contributed by atoms with Crippen molar-refractivity contribution < 1.29 is 9.53 Å². The summed E-state index contributed by atoms with van der Waals surface area (Å²) in [7, 11) is 0. The van der Waals surface area contributed by atoms with Crippen molar-refractivity contribution in [1.29, 1.82) is 0 Å². The Labute approximate surface area is 148 Å². The highest BCUT2D eigenvalue weighted by molar-refractivity contribution is 9.10. The van der Waals surface area contributed by atoms with Gasteiger partial charge in [-0.05, 0) is 63.5 Å². The summed E-state index contributed by atoms with van der Waals surface area (Å²) in [5, 5.41) is 5.93.